The van der Waals surface area contributed by atoms with Crippen molar-refractivity contribution in [2.75, 3.05) is 6.54 Å². The lowest BCUT2D eigenvalue weighted by Crippen LogP contribution is -2.33. The number of rotatable bonds is 4. The summed E-state index contributed by atoms with van der Waals surface area (Å²) in [6.45, 7) is -0.301. The van der Waals surface area contributed by atoms with Crippen molar-refractivity contribution in [1.29, 1.82) is 0 Å². The molecule has 2 aromatic rings. The number of carbonyl (C=O) groups excluding carboxylic acids is 3. The van der Waals surface area contributed by atoms with E-state index in [1.807, 2.05) is 0 Å². The van der Waals surface area contributed by atoms with Gasteiger partial charge in [-0.1, -0.05) is 35.3 Å². The Bertz CT molecular complexity index is 876. The monoisotopic (exact) mass is 391 g/mol. The third-order valence-corrected chi connectivity index (χ3v) is 4.92. The van der Waals surface area contributed by atoms with Gasteiger partial charge >= 0.3 is 0 Å². The number of nitrogens with zero attached hydrogens (tertiary/aromatic N) is 1. The second kappa shape index (κ2) is 7.44. The minimum absolute atomic E-state index is 0.274. The van der Waals surface area contributed by atoms with Gasteiger partial charge in [0.25, 0.3) is 11.1 Å². The molecule has 0 N–H and O–H groups in total. The number of hydrogen-bond donors (Lipinski definition) is 0. The van der Waals surface area contributed by atoms with Crippen LogP contribution in [0.15, 0.2) is 53.4 Å². The highest BCUT2D eigenvalue weighted by Gasteiger charge is 2.36. The summed E-state index contributed by atoms with van der Waals surface area (Å²) in [5.74, 6) is -0.807. The molecule has 4 nitrogen and oxygen atoms in total. The fourth-order valence-electron chi connectivity index (χ4n) is 2.22. The van der Waals surface area contributed by atoms with Gasteiger partial charge < -0.3 is 0 Å². The second-order valence-electron chi connectivity index (χ2n) is 5.25. The molecule has 2 amide bonds. The Kier molecular flexibility index (Phi) is 5.27. The van der Waals surface area contributed by atoms with E-state index in [4.69, 9.17) is 23.2 Å². The summed E-state index contributed by atoms with van der Waals surface area (Å²) < 4.78 is 0. The summed E-state index contributed by atoms with van der Waals surface area (Å²) in [5.41, 5.74) is 1.14. The van der Waals surface area contributed by atoms with Crippen LogP contribution in [0.3, 0.4) is 0 Å². The first-order valence-corrected chi connectivity index (χ1v) is 8.81. The van der Waals surface area contributed by atoms with Gasteiger partial charge in [0.05, 0.1) is 11.4 Å². The van der Waals surface area contributed by atoms with Crippen molar-refractivity contribution < 1.29 is 14.4 Å². The zero-order valence-electron chi connectivity index (χ0n) is 12.7. The van der Waals surface area contributed by atoms with E-state index in [0.29, 0.717) is 15.6 Å². The summed E-state index contributed by atoms with van der Waals surface area (Å²) in [5, 5.41) is 0.625. The molecule has 1 aliphatic rings. The van der Waals surface area contributed by atoms with Crippen molar-refractivity contribution in [2.24, 2.45) is 0 Å². The van der Waals surface area contributed by atoms with Crippen molar-refractivity contribution in [3.05, 3.63) is 74.6 Å². The van der Waals surface area contributed by atoms with Gasteiger partial charge in [-0.15, -0.1) is 0 Å². The average molecular weight is 392 g/mol. The first kappa shape index (κ1) is 17.7. The summed E-state index contributed by atoms with van der Waals surface area (Å²) in [6, 6.07) is 13.2. The molecule has 0 bridgehead atoms. The summed E-state index contributed by atoms with van der Waals surface area (Å²) in [7, 11) is 0. The van der Waals surface area contributed by atoms with E-state index in [2.05, 4.69) is 0 Å². The predicted molar refractivity (Wildman–Crippen MR) is 99.9 cm³/mol. The molecule has 0 radical (unpaired) electrons. The van der Waals surface area contributed by atoms with E-state index in [9.17, 15) is 14.4 Å². The minimum Gasteiger partial charge on any atom is -0.292 e. The fourth-order valence-corrected chi connectivity index (χ4v) is 3.31. The molecule has 3 rings (SSSR count). The number of benzene rings is 2. The molecule has 7 heteroatoms. The van der Waals surface area contributed by atoms with Gasteiger partial charge in [0.1, 0.15) is 0 Å². The van der Waals surface area contributed by atoms with E-state index in [1.54, 1.807) is 54.6 Å². The van der Waals surface area contributed by atoms with E-state index < -0.39 is 11.1 Å². The Labute approximate surface area is 158 Å². The molecule has 126 valence electrons. The lowest BCUT2D eigenvalue weighted by molar-refractivity contribution is -0.122. The molecule has 0 aliphatic carbocycles. The molecule has 1 saturated heterocycles. The van der Waals surface area contributed by atoms with E-state index in [1.165, 1.54) is 0 Å². The van der Waals surface area contributed by atoms with Crippen LogP contribution in [-0.2, 0) is 4.79 Å². The molecular weight excluding hydrogens is 381 g/mol. The molecule has 1 fully saturated rings. The Morgan fingerprint density at radius 2 is 1.52 bits per heavy atom. The Morgan fingerprint density at radius 1 is 0.960 bits per heavy atom. The number of ketones is 1. The van der Waals surface area contributed by atoms with Gasteiger partial charge in [-0.05, 0) is 59.8 Å². The lowest BCUT2D eigenvalue weighted by Gasteiger charge is -2.11. The van der Waals surface area contributed by atoms with E-state index in [0.717, 1.165) is 22.2 Å². The quantitative estimate of drug-likeness (QED) is 0.548. The molecule has 0 aromatic heterocycles. The first-order valence-electron chi connectivity index (χ1n) is 7.24. The number of halogens is 2. The van der Waals surface area contributed by atoms with Gasteiger partial charge in [-0.2, -0.15) is 0 Å². The van der Waals surface area contributed by atoms with Crippen LogP contribution in [0.1, 0.15) is 15.9 Å². The van der Waals surface area contributed by atoms with Gasteiger partial charge in [0.15, 0.2) is 5.78 Å². The Hall–Kier alpha value is -2.08. The number of amides is 2. The van der Waals surface area contributed by atoms with Crippen LogP contribution < -0.4 is 0 Å². The number of thioether (sulfide) groups is 1. The van der Waals surface area contributed by atoms with Crippen molar-refractivity contribution in [2.45, 2.75) is 0 Å². The zero-order chi connectivity index (χ0) is 18.0. The van der Waals surface area contributed by atoms with Gasteiger partial charge in [0.2, 0.25) is 0 Å². The third-order valence-electron chi connectivity index (χ3n) is 3.51. The van der Waals surface area contributed by atoms with Crippen molar-refractivity contribution in [1.82, 2.24) is 4.90 Å². The Balaban J connectivity index is 1.76. The first-order chi connectivity index (χ1) is 11.9. The lowest BCUT2D eigenvalue weighted by atomic mass is 10.1. The molecule has 2 aromatic carbocycles. The maximum absolute atomic E-state index is 12.4. The smallest absolute Gasteiger partial charge is 0.292 e. The van der Waals surface area contributed by atoms with Gasteiger partial charge in [0, 0.05) is 15.6 Å². The third kappa shape index (κ3) is 4.12. The zero-order valence-corrected chi connectivity index (χ0v) is 15.1. The topological polar surface area (TPSA) is 54.5 Å². The standard InChI is InChI=1S/C18H11Cl2NO3S/c19-13-5-1-11(2-6-13)9-16-17(23)21(18(24)25-16)10-15(22)12-3-7-14(20)8-4-12/h1-9H,10H2/b16-9+. The highest BCUT2D eigenvalue weighted by molar-refractivity contribution is 8.18. The highest BCUT2D eigenvalue weighted by atomic mass is 35.5. The van der Waals surface area contributed by atoms with Crippen LogP contribution in [0.2, 0.25) is 10.0 Å². The van der Waals surface area contributed by atoms with Crippen LogP contribution in [-0.4, -0.2) is 28.4 Å². The summed E-state index contributed by atoms with van der Waals surface area (Å²) in [6.07, 6.45) is 1.61. The number of carbonyl (C=O) groups is 3. The van der Waals surface area contributed by atoms with Crippen LogP contribution in [0.5, 0.6) is 0 Å². The highest BCUT2D eigenvalue weighted by Crippen LogP contribution is 2.32. The average Bonchev–Trinajstić information content (AvgIpc) is 2.85. The molecule has 0 unspecified atom stereocenters. The molecule has 1 heterocycles. The molecular formula is C18H11Cl2NO3S. The molecule has 25 heavy (non-hydrogen) atoms. The normalized spacial score (nSPS) is 15.9. The van der Waals surface area contributed by atoms with Crippen LogP contribution >= 0.6 is 35.0 Å². The van der Waals surface area contributed by atoms with Crippen molar-refractivity contribution >= 4 is 58.0 Å². The SMILES string of the molecule is O=C(CN1C(=O)S/C(=C/c2ccc(Cl)cc2)C1=O)c1ccc(Cl)cc1. The van der Waals surface area contributed by atoms with Crippen LogP contribution in [0.4, 0.5) is 4.79 Å². The van der Waals surface area contributed by atoms with E-state index in [-0.39, 0.29) is 17.2 Å². The van der Waals surface area contributed by atoms with Crippen molar-refractivity contribution in [3.8, 4) is 0 Å². The number of Topliss-reactive ketones (excluding diaryl/α,β-unsaturated/α-hetero) is 1. The van der Waals surface area contributed by atoms with Crippen LogP contribution in [0.25, 0.3) is 6.08 Å². The molecule has 0 atom stereocenters. The van der Waals surface area contributed by atoms with Gasteiger partial charge in [-0.3, -0.25) is 19.3 Å². The number of hydrogen-bond acceptors (Lipinski definition) is 4. The fraction of sp³-hybridized carbons (Fsp3) is 0.0556. The van der Waals surface area contributed by atoms with Crippen molar-refractivity contribution in [3.63, 3.8) is 0 Å². The largest absolute Gasteiger partial charge is 0.293 e. The van der Waals surface area contributed by atoms with E-state index >= 15 is 0 Å². The maximum Gasteiger partial charge on any atom is 0.293 e. The second-order valence-corrected chi connectivity index (χ2v) is 7.12. The Morgan fingerprint density at radius 3 is 2.12 bits per heavy atom. The predicted octanol–water partition coefficient (Wildman–Crippen LogP) is 4.91. The van der Waals surface area contributed by atoms with Gasteiger partial charge in [-0.25, -0.2) is 0 Å². The summed E-state index contributed by atoms with van der Waals surface area (Å²) in [4.78, 5) is 38.0. The molecule has 0 spiro atoms. The van der Waals surface area contributed by atoms with Crippen LogP contribution in [0, 0.1) is 0 Å². The number of imide groups is 1. The molecule has 1 aliphatic heterocycles. The minimum atomic E-state index is -0.479. The summed E-state index contributed by atoms with van der Waals surface area (Å²) >= 11 is 12.4. The maximum atomic E-state index is 12.4. The molecule has 0 saturated carbocycles.